The minimum absolute atomic E-state index is 0.483. The molecule has 21 heavy (non-hydrogen) atoms. The van der Waals surface area contributed by atoms with Crippen molar-refractivity contribution in [2.45, 2.75) is 20.0 Å². The molecule has 1 atom stereocenters. The van der Waals surface area contributed by atoms with Gasteiger partial charge in [-0.15, -0.1) is 11.3 Å². The van der Waals surface area contributed by atoms with E-state index in [1.807, 2.05) is 5.38 Å². The Morgan fingerprint density at radius 3 is 2.52 bits per heavy atom. The Kier molecular flexibility index (Phi) is 4.12. The van der Waals surface area contributed by atoms with Gasteiger partial charge >= 0.3 is 0 Å². The minimum Gasteiger partial charge on any atom is -0.387 e. The summed E-state index contributed by atoms with van der Waals surface area (Å²) in [5.41, 5.74) is 3.38. The number of piperazine rings is 1. The molecule has 0 amide bonds. The fraction of sp³-hybridized carbons (Fsp3) is 0.438. The predicted molar refractivity (Wildman–Crippen MR) is 88.4 cm³/mol. The summed E-state index contributed by atoms with van der Waals surface area (Å²) < 4.78 is 0. The molecule has 112 valence electrons. The van der Waals surface area contributed by atoms with Gasteiger partial charge in [-0.3, -0.25) is 0 Å². The van der Waals surface area contributed by atoms with Crippen molar-refractivity contribution >= 4 is 22.2 Å². The van der Waals surface area contributed by atoms with Gasteiger partial charge in [0.1, 0.15) is 0 Å². The normalized spacial score (nSPS) is 17.1. The molecule has 1 saturated heterocycles. The maximum Gasteiger partial charge on any atom is 0.185 e. The molecule has 3 rings (SSSR count). The Morgan fingerprint density at radius 1 is 1.19 bits per heavy atom. The predicted octanol–water partition coefficient (Wildman–Crippen LogP) is 2.83. The minimum atomic E-state index is -0.483. The zero-order valence-electron chi connectivity index (χ0n) is 12.5. The van der Waals surface area contributed by atoms with Crippen LogP contribution in [0.15, 0.2) is 29.6 Å². The van der Waals surface area contributed by atoms with Gasteiger partial charge in [0.05, 0.1) is 11.8 Å². The number of aliphatic hydroxyl groups excluding tert-OH is 1. The molecule has 1 aromatic carbocycles. The van der Waals surface area contributed by atoms with Gasteiger partial charge in [0.15, 0.2) is 5.13 Å². The summed E-state index contributed by atoms with van der Waals surface area (Å²) >= 11 is 1.62. The fourth-order valence-corrected chi connectivity index (χ4v) is 3.56. The highest BCUT2D eigenvalue weighted by molar-refractivity contribution is 7.13. The summed E-state index contributed by atoms with van der Waals surface area (Å²) in [5, 5.41) is 12.5. The first-order chi connectivity index (χ1) is 10.1. The molecule has 1 N–H and O–H groups in total. The Morgan fingerprint density at radius 2 is 1.90 bits per heavy atom. The number of aliphatic hydroxyl groups is 1. The van der Waals surface area contributed by atoms with E-state index in [1.165, 1.54) is 11.3 Å². The second-order valence-corrected chi connectivity index (χ2v) is 6.38. The largest absolute Gasteiger partial charge is 0.387 e. The topological polar surface area (TPSA) is 39.6 Å². The first-order valence-electron chi connectivity index (χ1n) is 7.33. The fourth-order valence-electron chi connectivity index (χ4n) is 2.59. The molecule has 5 heteroatoms. The first-order valence-corrected chi connectivity index (χ1v) is 8.21. The molecule has 0 spiro atoms. The van der Waals surface area contributed by atoms with Crippen LogP contribution in [0.25, 0.3) is 0 Å². The van der Waals surface area contributed by atoms with Crippen LogP contribution in [0.5, 0.6) is 0 Å². The van der Waals surface area contributed by atoms with Gasteiger partial charge < -0.3 is 14.9 Å². The van der Waals surface area contributed by atoms with E-state index < -0.39 is 6.10 Å². The zero-order valence-corrected chi connectivity index (χ0v) is 13.3. The van der Waals surface area contributed by atoms with E-state index >= 15 is 0 Å². The molecule has 2 aromatic rings. The maximum absolute atomic E-state index is 9.57. The standard InChI is InChI=1S/C16H21N3OS/c1-12-4-3-5-14(10-12)18-6-8-19(9-7-18)16-17-15(11-21-16)13(2)20/h3-5,10-11,13,20H,6-9H2,1-2H3. The van der Waals surface area contributed by atoms with E-state index in [1.54, 1.807) is 18.3 Å². The number of anilines is 2. The molecule has 1 unspecified atom stereocenters. The number of hydrogen-bond acceptors (Lipinski definition) is 5. The average Bonchev–Trinajstić information content (AvgIpc) is 2.97. The Balaban J connectivity index is 1.64. The monoisotopic (exact) mass is 303 g/mol. The van der Waals surface area contributed by atoms with E-state index in [0.717, 1.165) is 37.0 Å². The van der Waals surface area contributed by atoms with Crippen molar-refractivity contribution in [3.63, 3.8) is 0 Å². The third-order valence-corrected chi connectivity index (χ3v) is 4.77. The van der Waals surface area contributed by atoms with Crippen molar-refractivity contribution in [2.75, 3.05) is 36.0 Å². The number of aromatic nitrogens is 1. The van der Waals surface area contributed by atoms with E-state index in [9.17, 15) is 5.11 Å². The third kappa shape index (κ3) is 3.19. The molecule has 0 bridgehead atoms. The van der Waals surface area contributed by atoms with Crippen LogP contribution in [0.3, 0.4) is 0 Å². The van der Waals surface area contributed by atoms with Crippen LogP contribution >= 0.6 is 11.3 Å². The molecule has 1 fully saturated rings. The molecule has 0 aliphatic carbocycles. The summed E-state index contributed by atoms with van der Waals surface area (Å²) in [6.45, 7) is 7.85. The number of benzene rings is 1. The summed E-state index contributed by atoms with van der Waals surface area (Å²) in [7, 11) is 0. The molecule has 2 heterocycles. The second kappa shape index (κ2) is 6.03. The van der Waals surface area contributed by atoms with Crippen LogP contribution in [-0.2, 0) is 0 Å². The van der Waals surface area contributed by atoms with E-state index in [2.05, 4.69) is 46.0 Å². The summed E-state index contributed by atoms with van der Waals surface area (Å²) in [5.74, 6) is 0. The number of thiazole rings is 1. The molecule has 4 nitrogen and oxygen atoms in total. The van der Waals surface area contributed by atoms with Crippen LogP contribution in [0.2, 0.25) is 0 Å². The molecule has 1 aromatic heterocycles. The van der Waals surface area contributed by atoms with Gasteiger partial charge in [-0.05, 0) is 31.5 Å². The molecule has 0 radical (unpaired) electrons. The van der Waals surface area contributed by atoms with Crippen molar-refractivity contribution < 1.29 is 5.11 Å². The SMILES string of the molecule is Cc1cccc(N2CCN(c3nc(C(C)O)cs3)CC2)c1. The van der Waals surface area contributed by atoms with E-state index in [4.69, 9.17) is 0 Å². The van der Waals surface area contributed by atoms with E-state index in [0.29, 0.717) is 0 Å². The van der Waals surface area contributed by atoms with Crippen molar-refractivity contribution in [3.8, 4) is 0 Å². The third-order valence-electron chi connectivity index (χ3n) is 3.85. The zero-order chi connectivity index (χ0) is 14.8. The van der Waals surface area contributed by atoms with Crippen LogP contribution in [0, 0.1) is 6.92 Å². The van der Waals surface area contributed by atoms with Crippen molar-refractivity contribution in [1.29, 1.82) is 0 Å². The van der Waals surface area contributed by atoms with Gasteiger partial charge in [0.2, 0.25) is 0 Å². The van der Waals surface area contributed by atoms with Crippen molar-refractivity contribution in [1.82, 2.24) is 4.98 Å². The lowest BCUT2D eigenvalue weighted by molar-refractivity contribution is 0.195. The highest BCUT2D eigenvalue weighted by atomic mass is 32.1. The lowest BCUT2D eigenvalue weighted by Gasteiger charge is -2.36. The molecular formula is C16H21N3OS. The molecular weight excluding hydrogens is 282 g/mol. The van der Waals surface area contributed by atoms with Crippen LogP contribution in [0.4, 0.5) is 10.8 Å². The van der Waals surface area contributed by atoms with Crippen LogP contribution in [0.1, 0.15) is 24.3 Å². The second-order valence-electron chi connectivity index (χ2n) is 5.54. The molecule has 1 aliphatic heterocycles. The van der Waals surface area contributed by atoms with Crippen molar-refractivity contribution in [2.24, 2.45) is 0 Å². The highest BCUT2D eigenvalue weighted by Gasteiger charge is 2.20. The lowest BCUT2D eigenvalue weighted by atomic mass is 10.2. The summed E-state index contributed by atoms with van der Waals surface area (Å²) in [4.78, 5) is 9.25. The number of nitrogens with zero attached hydrogens (tertiary/aromatic N) is 3. The summed E-state index contributed by atoms with van der Waals surface area (Å²) in [6.07, 6.45) is -0.483. The van der Waals surface area contributed by atoms with Gasteiger partial charge in [-0.1, -0.05) is 12.1 Å². The van der Waals surface area contributed by atoms with Crippen molar-refractivity contribution in [3.05, 3.63) is 40.9 Å². The lowest BCUT2D eigenvalue weighted by Crippen LogP contribution is -2.46. The molecule has 0 saturated carbocycles. The first kappa shape index (κ1) is 14.4. The number of aryl methyl sites for hydroxylation is 1. The Labute approximate surface area is 129 Å². The van der Waals surface area contributed by atoms with Gasteiger partial charge in [0, 0.05) is 37.2 Å². The van der Waals surface area contributed by atoms with Gasteiger partial charge in [-0.2, -0.15) is 0 Å². The Bertz CT molecular complexity index is 603. The number of rotatable bonds is 3. The smallest absolute Gasteiger partial charge is 0.185 e. The summed E-state index contributed by atoms with van der Waals surface area (Å²) in [6, 6.07) is 8.67. The highest BCUT2D eigenvalue weighted by Crippen LogP contribution is 2.26. The molecule has 1 aliphatic rings. The number of hydrogen-bond donors (Lipinski definition) is 1. The van der Waals surface area contributed by atoms with Gasteiger partial charge in [0.25, 0.3) is 0 Å². The Hall–Kier alpha value is -1.59. The average molecular weight is 303 g/mol. The van der Waals surface area contributed by atoms with E-state index in [-0.39, 0.29) is 0 Å². The maximum atomic E-state index is 9.57. The van der Waals surface area contributed by atoms with Crippen LogP contribution in [-0.4, -0.2) is 36.3 Å². The quantitative estimate of drug-likeness (QED) is 0.946. The van der Waals surface area contributed by atoms with Gasteiger partial charge in [-0.25, -0.2) is 4.98 Å². The van der Waals surface area contributed by atoms with Crippen LogP contribution < -0.4 is 9.80 Å².